The smallest absolute Gasteiger partial charge is 0.361 e. The second-order valence-corrected chi connectivity index (χ2v) is 15.3. The van der Waals surface area contributed by atoms with E-state index in [1.165, 1.54) is 103 Å². The third kappa shape index (κ3) is 36.2. The number of carbonyl (C=O) groups excluding carboxylic acids is 2. The lowest BCUT2D eigenvalue weighted by Crippen LogP contribution is -2.40. The molecular formula is C42H80NO8+. The quantitative estimate of drug-likeness (QED) is 0.0220. The van der Waals surface area contributed by atoms with Crippen molar-refractivity contribution in [3.63, 3.8) is 0 Å². The molecule has 0 radical (unpaired) electrons. The predicted molar refractivity (Wildman–Crippen MR) is 208 cm³/mol. The molecule has 2 atom stereocenters. The Bertz CT molecular complexity index is 856. The number of carbonyl (C=O) groups is 3. The lowest BCUT2D eigenvalue weighted by molar-refractivity contribution is -0.870. The van der Waals surface area contributed by atoms with E-state index in [1.807, 2.05) is 21.1 Å². The highest BCUT2D eigenvalue weighted by molar-refractivity contribution is 5.71. The molecule has 0 aliphatic carbocycles. The molecule has 0 spiro atoms. The Morgan fingerprint density at radius 3 is 1.45 bits per heavy atom. The molecule has 2 unspecified atom stereocenters. The largest absolute Gasteiger partial charge is 0.477 e. The van der Waals surface area contributed by atoms with Crippen LogP contribution in [0.3, 0.4) is 0 Å². The molecule has 0 rings (SSSR count). The topological polar surface area (TPSA) is 108 Å². The maximum absolute atomic E-state index is 12.7. The lowest BCUT2D eigenvalue weighted by Gasteiger charge is -2.25. The van der Waals surface area contributed by atoms with Crippen molar-refractivity contribution in [3.8, 4) is 0 Å². The number of nitrogens with zero attached hydrogens (tertiary/aromatic N) is 1. The summed E-state index contributed by atoms with van der Waals surface area (Å²) >= 11 is 0. The van der Waals surface area contributed by atoms with E-state index in [4.69, 9.17) is 18.9 Å². The first-order valence-electron chi connectivity index (χ1n) is 20.9. The second kappa shape index (κ2) is 35.1. The van der Waals surface area contributed by atoms with E-state index >= 15 is 0 Å². The Kier molecular flexibility index (Phi) is 33.7. The van der Waals surface area contributed by atoms with Gasteiger partial charge in [0.15, 0.2) is 6.10 Å². The minimum absolute atomic E-state index is 0.179. The van der Waals surface area contributed by atoms with Crippen LogP contribution in [-0.4, -0.2) is 87.4 Å². The third-order valence-electron chi connectivity index (χ3n) is 9.02. The van der Waals surface area contributed by atoms with Crippen molar-refractivity contribution in [2.45, 2.75) is 193 Å². The molecule has 51 heavy (non-hydrogen) atoms. The van der Waals surface area contributed by atoms with Crippen molar-refractivity contribution in [1.82, 2.24) is 0 Å². The fourth-order valence-electron chi connectivity index (χ4n) is 5.71. The molecule has 0 amide bonds. The molecule has 0 heterocycles. The van der Waals surface area contributed by atoms with Crippen LogP contribution in [0.25, 0.3) is 0 Å². The molecule has 0 aromatic heterocycles. The van der Waals surface area contributed by atoms with Gasteiger partial charge in [-0.3, -0.25) is 9.59 Å². The van der Waals surface area contributed by atoms with Crippen LogP contribution >= 0.6 is 0 Å². The Morgan fingerprint density at radius 2 is 1.00 bits per heavy atom. The van der Waals surface area contributed by atoms with Crippen molar-refractivity contribution in [1.29, 1.82) is 0 Å². The number of esters is 2. The van der Waals surface area contributed by atoms with Crippen LogP contribution in [0.2, 0.25) is 0 Å². The number of hydrogen-bond acceptors (Lipinski definition) is 7. The zero-order chi connectivity index (χ0) is 37.8. The summed E-state index contributed by atoms with van der Waals surface area (Å²) in [5.41, 5.74) is 0. The normalized spacial score (nSPS) is 13.0. The maximum atomic E-state index is 12.7. The van der Waals surface area contributed by atoms with Crippen LogP contribution in [0.15, 0.2) is 12.2 Å². The Hall–Kier alpha value is -1.97. The molecule has 9 nitrogen and oxygen atoms in total. The summed E-state index contributed by atoms with van der Waals surface area (Å²) in [4.78, 5) is 36.9. The molecule has 0 aromatic carbocycles. The number of carboxylic acid groups (broad SMARTS) is 1. The molecule has 9 heteroatoms. The Balaban J connectivity index is 4.43. The number of likely N-dealkylation sites (N-methyl/N-ethyl adjacent to an activating group) is 1. The SMILES string of the molecule is CCCCCCCC/C=C\CCCCCCCCCC(=O)OC(COC(=O)CCCCCCCCCCC)COC(OCC[N+](C)(C)C)C(=O)O. The van der Waals surface area contributed by atoms with Crippen molar-refractivity contribution in [2.75, 3.05) is 47.5 Å². The van der Waals surface area contributed by atoms with Gasteiger partial charge in [-0.15, -0.1) is 0 Å². The highest BCUT2D eigenvalue weighted by Gasteiger charge is 2.25. The van der Waals surface area contributed by atoms with Gasteiger partial charge in [-0.05, 0) is 38.5 Å². The van der Waals surface area contributed by atoms with Gasteiger partial charge in [-0.25, -0.2) is 4.79 Å². The first kappa shape index (κ1) is 49.0. The van der Waals surface area contributed by atoms with E-state index < -0.39 is 24.3 Å². The van der Waals surface area contributed by atoms with Gasteiger partial charge in [0, 0.05) is 12.8 Å². The summed E-state index contributed by atoms with van der Waals surface area (Å²) in [6.45, 7) is 4.84. The minimum atomic E-state index is -1.50. The molecular weight excluding hydrogens is 646 g/mol. The zero-order valence-electron chi connectivity index (χ0n) is 33.8. The number of unbranched alkanes of at least 4 members (excludes halogenated alkanes) is 21. The van der Waals surface area contributed by atoms with Crippen LogP contribution in [-0.2, 0) is 33.3 Å². The molecule has 0 bridgehead atoms. The molecule has 0 aliphatic rings. The van der Waals surface area contributed by atoms with Gasteiger partial charge in [0.25, 0.3) is 6.29 Å². The van der Waals surface area contributed by atoms with Gasteiger partial charge in [-0.2, -0.15) is 0 Å². The summed E-state index contributed by atoms with van der Waals surface area (Å²) in [5, 5.41) is 9.59. The van der Waals surface area contributed by atoms with Crippen LogP contribution in [0.4, 0.5) is 0 Å². The number of quaternary nitrogens is 1. The molecule has 0 aliphatic heterocycles. The highest BCUT2D eigenvalue weighted by atomic mass is 16.7. The van der Waals surface area contributed by atoms with Crippen LogP contribution in [0.1, 0.15) is 181 Å². The van der Waals surface area contributed by atoms with Gasteiger partial charge in [0.2, 0.25) is 0 Å². The van der Waals surface area contributed by atoms with Crippen LogP contribution in [0, 0.1) is 0 Å². The minimum Gasteiger partial charge on any atom is -0.477 e. The summed E-state index contributed by atoms with van der Waals surface area (Å²) in [5.74, 6) is -2.01. The highest BCUT2D eigenvalue weighted by Crippen LogP contribution is 2.14. The van der Waals surface area contributed by atoms with E-state index in [9.17, 15) is 19.5 Å². The van der Waals surface area contributed by atoms with Crippen molar-refractivity contribution < 1.29 is 42.9 Å². The number of allylic oxidation sites excluding steroid dienone is 2. The van der Waals surface area contributed by atoms with Crippen LogP contribution < -0.4 is 0 Å². The molecule has 1 N–H and O–H groups in total. The Morgan fingerprint density at radius 1 is 0.569 bits per heavy atom. The van der Waals surface area contributed by atoms with Crippen molar-refractivity contribution in [3.05, 3.63) is 12.2 Å². The zero-order valence-corrected chi connectivity index (χ0v) is 33.8. The standard InChI is InChI=1S/C42H79NO8/c1-6-8-10-12-14-16-17-18-19-20-21-22-23-25-27-29-31-33-40(45)51-38(37-50-42(41(46)47)48-35-34-43(3,4)5)36-49-39(44)32-30-28-26-24-15-13-11-9-7-2/h18-19,38,42H,6-17,20-37H2,1-5H3/p+1/b19-18-. The van der Waals surface area contributed by atoms with E-state index in [0.717, 1.165) is 51.4 Å². The first-order valence-corrected chi connectivity index (χ1v) is 20.9. The number of carboxylic acids is 1. The number of ether oxygens (including phenoxy) is 4. The van der Waals surface area contributed by atoms with Gasteiger partial charge in [0.05, 0.1) is 34.4 Å². The fourth-order valence-corrected chi connectivity index (χ4v) is 5.71. The summed E-state index contributed by atoms with van der Waals surface area (Å²) in [6, 6.07) is 0. The molecule has 0 saturated heterocycles. The summed E-state index contributed by atoms with van der Waals surface area (Å²) in [7, 11) is 5.95. The van der Waals surface area contributed by atoms with Crippen molar-refractivity contribution >= 4 is 17.9 Å². The van der Waals surface area contributed by atoms with Gasteiger partial charge >= 0.3 is 17.9 Å². The summed E-state index contributed by atoms with van der Waals surface area (Å²) < 4.78 is 22.6. The predicted octanol–water partition coefficient (Wildman–Crippen LogP) is 10.3. The van der Waals surface area contributed by atoms with Gasteiger partial charge in [-0.1, -0.05) is 142 Å². The second-order valence-electron chi connectivity index (χ2n) is 15.3. The molecule has 0 saturated carbocycles. The fraction of sp³-hybridized carbons (Fsp3) is 0.881. The van der Waals surface area contributed by atoms with E-state index in [1.54, 1.807) is 0 Å². The monoisotopic (exact) mass is 727 g/mol. The van der Waals surface area contributed by atoms with Crippen molar-refractivity contribution in [2.24, 2.45) is 0 Å². The van der Waals surface area contributed by atoms with Gasteiger partial charge in [0.1, 0.15) is 13.2 Å². The number of hydrogen-bond donors (Lipinski definition) is 1. The summed E-state index contributed by atoms with van der Waals surface area (Å²) in [6.07, 6.45) is 31.3. The lowest BCUT2D eigenvalue weighted by atomic mass is 10.1. The number of rotatable bonds is 38. The van der Waals surface area contributed by atoms with E-state index in [-0.39, 0.29) is 32.2 Å². The van der Waals surface area contributed by atoms with Gasteiger partial charge < -0.3 is 28.5 Å². The molecule has 0 fully saturated rings. The number of aliphatic carboxylic acids is 1. The maximum Gasteiger partial charge on any atom is 0.361 e. The third-order valence-corrected chi connectivity index (χ3v) is 9.02. The molecule has 300 valence electrons. The van der Waals surface area contributed by atoms with Crippen LogP contribution in [0.5, 0.6) is 0 Å². The first-order chi connectivity index (χ1) is 24.6. The van der Waals surface area contributed by atoms with E-state index in [2.05, 4.69) is 26.0 Å². The average molecular weight is 727 g/mol. The van der Waals surface area contributed by atoms with E-state index in [0.29, 0.717) is 17.4 Å². The molecule has 0 aromatic rings. The average Bonchev–Trinajstić information content (AvgIpc) is 3.08. The Labute approximate surface area is 313 Å².